The minimum Gasteiger partial charge on any atom is -0.508 e. The third-order valence-electron chi connectivity index (χ3n) is 14.9. The normalized spacial score (nSPS) is 16.4. The summed E-state index contributed by atoms with van der Waals surface area (Å²) < 4.78 is 4.66. The minimum absolute atomic E-state index is 0.119. The number of carbonyl (C=O) groups is 4. The number of ether oxygens (including phenoxy) is 1. The lowest BCUT2D eigenvalue weighted by atomic mass is 9.96. The molecule has 7 rings (SSSR count). The number of anilines is 1. The van der Waals surface area contributed by atoms with Crippen LogP contribution in [0.4, 0.5) is 10.5 Å². The average molecular weight is 1170 g/mol. The van der Waals surface area contributed by atoms with Crippen molar-refractivity contribution in [3.8, 4) is 11.8 Å². The summed E-state index contributed by atoms with van der Waals surface area (Å²) in [6, 6.07) is 12.7. The average Bonchev–Trinajstić information content (AvgIpc) is 4.06. The van der Waals surface area contributed by atoms with Gasteiger partial charge in [0.2, 0.25) is 6.41 Å². The second kappa shape index (κ2) is 39.6. The predicted molar refractivity (Wildman–Crippen MR) is 336 cm³/mol. The molecule has 1 aromatic heterocycles. The summed E-state index contributed by atoms with van der Waals surface area (Å²) in [5.74, 6) is 0.930. The van der Waals surface area contributed by atoms with Gasteiger partial charge in [0.1, 0.15) is 24.7 Å². The summed E-state index contributed by atoms with van der Waals surface area (Å²) in [6.45, 7) is 22.8. The van der Waals surface area contributed by atoms with E-state index in [4.69, 9.17) is 53.4 Å². The van der Waals surface area contributed by atoms with Crippen LogP contribution in [-0.2, 0) is 32.2 Å². The van der Waals surface area contributed by atoms with Gasteiger partial charge >= 0.3 is 6.16 Å². The van der Waals surface area contributed by atoms with E-state index in [0.29, 0.717) is 46.6 Å². The van der Waals surface area contributed by atoms with Gasteiger partial charge in [-0.15, -0.1) is 0 Å². The van der Waals surface area contributed by atoms with Gasteiger partial charge in [0.05, 0.1) is 33.3 Å². The van der Waals surface area contributed by atoms with Gasteiger partial charge in [0.15, 0.2) is 0 Å². The van der Waals surface area contributed by atoms with E-state index in [9.17, 15) is 14.4 Å². The Morgan fingerprint density at radius 1 is 0.916 bits per heavy atom. The van der Waals surface area contributed by atoms with Gasteiger partial charge in [-0.05, 0) is 159 Å². The largest absolute Gasteiger partial charge is 0.508 e. The Morgan fingerprint density at radius 3 is 2.13 bits per heavy atom. The topological polar surface area (TPSA) is 258 Å². The van der Waals surface area contributed by atoms with Crippen LogP contribution in [0.5, 0.6) is 5.75 Å². The molecule has 2 aromatic carbocycles. The number of carbonyl (C=O) groups excluding carboxylic acids is 2. The molecule has 0 radical (unpaired) electrons. The number of phenolic OH excluding ortho intramolecular Hbond substituents is 1. The maximum absolute atomic E-state index is 11.7. The molecule has 2 saturated heterocycles. The molecule has 20 heteroatoms. The molecule has 1 amide bonds. The zero-order valence-electron chi connectivity index (χ0n) is 51.6. The number of carboxylic acid groups (broad SMARTS) is 2. The van der Waals surface area contributed by atoms with Crippen LogP contribution in [0.2, 0.25) is 5.02 Å². The standard InChI is InChI=1S/C43H65N9O4.C8H6ClNO.C7H13NO.2C2H6.CH2O2/c1-31(34(29-53)30-56-43(54)55)25-40-42-33(27-49(40)6)26-36-37(28-47(3)4)39(13-12-38(36)46-42)51-23-21-50(22-24-51)18-10-8-7-9-17-48(5)35-15-19-52(20-16-35)41(45)14-11-32(2)44;1-5-7(11)3-2-6(4-10)8(5)9;9-6-8-7-4-2-1-3-5-7;2*1-2;2-1-3/h11-14,25-26,29,35H,7-10,15-24,27-28,30,44-45H2,1-6H3,(H,54,55);2-3,11H,1H3;6-7H,1-5H2,(H,8,9);2*1-2H3;1H,(H,2,3)/b32-11-,34-31+,40-25-,41-14+;;;;;. The number of fused-ring (bicyclic) bond motifs is 2. The van der Waals surface area contributed by atoms with Gasteiger partial charge in [-0.25, -0.2) is 9.78 Å². The van der Waals surface area contributed by atoms with Gasteiger partial charge in [0, 0.05) is 99.4 Å². The Labute approximate surface area is 500 Å². The number of nitriles is 1. The molecule has 3 aliphatic heterocycles. The number of nitrogens with one attached hydrogen (secondary N) is 1. The molecule has 19 nitrogen and oxygen atoms in total. The number of piperidine rings is 1. The molecule has 0 atom stereocenters. The van der Waals surface area contributed by atoms with Crippen LogP contribution in [0.3, 0.4) is 0 Å². The molecule has 4 heterocycles. The van der Waals surface area contributed by atoms with Crippen molar-refractivity contribution >= 4 is 59.2 Å². The number of rotatable bonds is 19. The first-order valence-electron chi connectivity index (χ1n) is 29.4. The zero-order chi connectivity index (χ0) is 62.0. The van der Waals surface area contributed by atoms with E-state index in [1.807, 2.05) is 66.0 Å². The number of benzene rings is 2. The zero-order valence-corrected chi connectivity index (χ0v) is 52.3. The quantitative estimate of drug-likeness (QED) is 0.0214. The highest BCUT2D eigenvalue weighted by Gasteiger charge is 2.27. The lowest BCUT2D eigenvalue weighted by Gasteiger charge is -2.38. The minimum atomic E-state index is -1.41. The highest BCUT2D eigenvalue weighted by Crippen LogP contribution is 2.37. The molecular formula is C63H98ClN11O8. The Kier molecular flexibility index (Phi) is 34.5. The summed E-state index contributed by atoms with van der Waals surface area (Å²) in [7, 11) is 8.53. The summed E-state index contributed by atoms with van der Waals surface area (Å²) >= 11 is 5.72. The number of nitrogens with two attached hydrogens (primary N) is 2. The first-order chi connectivity index (χ1) is 39.8. The van der Waals surface area contributed by atoms with E-state index in [2.05, 4.69) is 78.8 Å². The van der Waals surface area contributed by atoms with E-state index in [-0.39, 0.29) is 24.4 Å². The van der Waals surface area contributed by atoms with Crippen molar-refractivity contribution in [2.75, 3.05) is 92.1 Å². The third kappa shape index (κ3) is 24.1. The van der Waals surface area contributed by atoms with Crippen molar-refractivity contribution in [1.82, 2.24) is 34.8 Å². The fourth-order valence-electron chi connectivity index (χ4n) is 10.3. The Balaban J connectivity index is 0.000000713. The number of aldehydes is 1. The Bertz CT molecular complexity index is 2650. The van der Waals surface area contributed by atoms with Crippen LogP contribution in [0.25, 0.3) is 16.6 Å². The monoisotopic (exact) mass is 1170 g/mol. The maximum atomic E-state index is 11.7. The molecule has 1 saturated carbocycles. The number of nitrogens with zero attached hydrogens (tertiary/aromatic N) is 8. The number of allylic oxidation sites excluding steroid dienone is 5. The van der Waals surface area contributed by atoms with Crippen LogP contribution in [0.1, 0.15) is 140 Å². The molecule has 460 valence electrons. The highest BCUT2D eigenvalue weighted by molar-refractivity contribution is 6.32. The molecule has 8 N–H and O–H groups in total. The Hall–Kier alpha value is -6.85. The van der Waals surface area contributed by atoms with Crippen LogP contribution in [-0.4, -0.2) is 169 Å². The number of aromatic nitrogens is 1. The van der Waals surface area contributed by atoms with Crippen molar-refractivity contribution in [1.29, 1.82) is 5.26 Å². The third-order valence-corrected chi connectivity index (χ3v) is 15.3. The summed E-state index contributed by atoms with van der Waals surface area (Å²) in [6.07, 6.45) is 19.4. The fraction of sp³-hybridized carbons (Fsp3) is 0.556. The number of halogens is 1. The van der Waals surface area contributed by atoms with Crippen molar-refractivity contribution in [2.24, 2.45) is 11.5 Å². The number of unbranched alkanes of at least 4 members (excludes halogenated alkanes) is 3. The molecule has 3 fully saturated rings. The molecule has 1 aliphatic carbocycles. The summed E-state index contributed by atoms with van der Waals surface area (Å²) in [5.41, 5.74) is 21.1. The number of hydrogen-bond acceptors (Lipinski definition) is 16. The van der Waals surface area contributed by atoms with Crippen LogP contribution >= 0.6 is 11.6 Å². The molecule has 0 unspecified atom stereocenters. The Morgan fingerprint density at radius 2 is 1.55 bits per heavy atom. The van der Waals surface area contributed by atoms with E-state index in [1.165, 1.54) is 86.6 Å². The van der Waals surface area contributed by atoms with Gasteiger partial charge < -0.3 is 61.3 Å². The van der Waals surface area contributed by atoms with Gasteiger partial charge in [-0.2, -0.15) is 5.26 Å². The molecular weight excluding hydrogens is 1070 g/mol. The first kappa shape index (κ1) is 72.3. The number of phenols is 1. The molecule has 3 aromatic rings. The summed E-state index contributed by atoms with van der Waals surface area (Å²) in [5, 5.41) is 37.7. The second-order valence-electron chi connectivity index (χ2n) is 21.0. The van der Waals surface area contributed by atoms with Gasteiger partial charge in [-0.3, -0.25) is 19.3 Å². The van der Waals surface area contributed by atoms with E-state index < -0.39 is 6.16 Å². The van der Waals surface area contributed by atoms with Crippen molar-refractivity contribution in [3.05, 3.63) is 104 Å². The second-order valence-corrected chi connectivity index (χ2v) is 21.4. The number of likely N-dealkylation sites (tertiary alicyclic amines) is 1. The lowest BCUT2D eigenvalue weighted by Crippen LogP contribution is -2.47. The number of piperazine rings is 1. The van der Waals surface area contributed by atoms with E-state index in [0.717, 1.165) is 112 Å². The van der Waals surface area contributed by atoms with Crippen LogP contribution < -0.4 is 21.7 Å². The molecule has 4 aliphatic rings. The lowest BCUT2D eigenvalue weighted by molar-refractivity contribution is -0.123. The smallest absolute Gasteiger partial charge is 0.506 e. The summed E-state index contributed by atoms with van der Waals surface area (Å²) in [4.78, 5) is 60.5. The number of hydrogen-bond donors (Lipinski definition) is 6. The highest BCUT2D eigenvalue weighted by atomic mass is 35.5. The van der Waals surface area contributed by atoms with Crippen molar-refractivity contribution in [3.63, 3.8) is 0 Å². The van der Waals surface area contributed by atoms with Gasteiger partial charge in [-0.1, -0.05) is 71.4 Å². The van der Waals surface area contributed by atoms with Crippen molar-refractivity contribution < 1.29 is 39.2 Å². The molecule has 0 spiro atoms. The number of amides is 1. The van der Waals surface area contributed by atoms with E-state index in [1.54, 1.807) is 13.8 Å². The van der Waals surface area contributed by atoms with Crippen LogP contribution in [0.15, 0.2) is 71.2 Å². The number of aromatic hydroxyl groups is 1. The van der Waals surface area contributed by atoms with Gasteiger partial charge in [0.25, 0.3) is 6.47 Å². The predicted octanol–water partition coefficient (Wildman–Crippen LogP) is 10.1. The van der Waals surface area contributed by atoms with E-state index >= 15 is 0 Å². The molecule has 0 bridgehead atoms. The first-order valence-corrected chi connectivity index (χ1v) is 29.8. The molecule has 83 heavy (non-hydrogen) atoms. The SMILES string of the molecule is C/C(N)=C/C=C(\N)N1CCC(N(C)CCCCCCN2CCN(c3ccc4nc5c(cc4c3CN(C)C)CN(C)/C5=C\C(C)=C(/C=O)COC(=O)O)CC2)CC1.CC.CC.Cc1c(O)ccc(C#N)c1Cl.O=CNC1CCCCC1.O=CO. The maximum Gasteiger partial charge on any atom is 0.506 e. The van der Waals surface area contributed by atoms with Crippen molar-refractivity contribution in [2.45, 2.75) is 144 Å². The fourth-order valence-corrected chi connectivity index (χ4v) is 10.5. The van der Waals surface area contributed by atoms with Crippen LogP contribution in [0, 0.1) is 18.3 Å². The number of pyridine rings is 1.